The van der Waals surface area contributed by atoms with Crippen molar-refractivity contribution in [2.75, 3.05) is 20.1 Å². The van der Waals surface area contributed by atoms with Gasteiger partial charge in [0.1, 0.15) is 12.1 Å². The molecule has 2 saturated heterocycles. The molecular formula is C25H38N6O4. The van der Waals surface area contributed by atoms with Crippen molar-refractivity contribution in [3.05, 3.63) is 30.1 Å². The lowest BCUT2D eigenvalue weighted by Gasteiger charge is -2.39. The molecule has 2 fully saturated rings. The maximum Gasteiger partial charge on any atom is 0.247 e. The summed E-state index contributed by atoms with van der Waals surface area (Å²) in [5, 5.41) is 8.65. The molecule has 0 saturated carbocycles. The van der Waals surface area contributed by atoms with Gasteiger partial charge in [-0.15, -0.1) is 0 Å². The van der Waals surface area contributed by atoms with Gasteiger partial charge in [-0.1, -0.05) is 13.8 Å². The van der Waals surface area contributed by atoms with Gasteiger partial charge in [0.15, 0.2) is 0 Å². The fourth-order valence-electron chi connectivity index (χ4n) is 4.68. The minimum atomic E-state index is -0.911. The highest BCUT2D eigenvalue weighted by molar-refractivity contribution is 5.94. The third kappa shape index (κ3) is 6.78. The molecule has 1 aromatic rings. The lowest BCUT2D eigenvalue weighted by atomic mass is 10.0. The van der Waals surface area contributed by atoms with E-state index in [1.807, 2.05) is 26.0 Å². The number of rotatable bonds is 8. The quantitative estimate of drug-likeness (QED) is 0.490. The van der Waals surface area contributed by atoms with E-state index in [4.69, 9.17) is 0 Å². The van der Waals surface area contributed by atoms with Crippen molar-refractivity contribution in [2.24, 2.45) is 5.92 Å². The Morgan fingerprint density at radius 1 is 1.11 bits per heavy atom. The number of carbonyl (C=O) groups is 4. The van der Waals surface area contributed by atoms with Crippen LogP contribution in [0.5, 0.6) is 0 Å². The molecule has 4 atom stereocenters. The molecule has 1 aromatic heterocycles. The third-order valence-corrected chi connectivity index (χ3v) is 6.79. The summed E-state index contributed by atoms with van der Waals surface area (Å²) < 4.78 is 0. The molecule has 3 rings (SSSR count). The number of likely N-dealkylation sites (N-methyl/N-ethyl adjacent to an activating group) is 1. The van der Waals surface area contributed by atoms with Crippen LogP contribution in [0.3, 0.4) is 0 Å². The molecule has 3 heterocycles. The first-order valence-corrected chi connectivity index (χ1v) is 12.5. The molecule has 0 bridgehead atoms. The van der Waals surface area contributed by atoms with Gasteiger partial charge in [-0.05, 0) is 56.8 Å². The Hall–Kier alpha value is -3.01. The van der Waals surface area contributed by atoms with Gasteiger partial charge in [-0.25, -0.2) is 0 Å². The third-order valence-electron chi connectivity index (χ3n) is 6.79. The van der Waals surface area contributed by atoms with Crippen LogP contribution in [0.4, 0.5) is 0 Å². The number of hydrogen-bond acceptors (Lipinski definition) is 6. The SMILES string of the molecule is CN[C@@H](C)C(=O)N[C@H]1CN(C(=O)CC(C)C)CC[C@H]2CC[C@@H](C(=O)NCc3ccncc3)N2C1=O. The highest BCUT2D eigenvalue weighted by atomic mass is 16.2. The molecule has 10 nitrogen and oxygen atoms in total. The van der Waals surface area contributed by atoms with Crippen LogP contribution in [0.2, 0.25) is 0 Å². The molecular weight excluding hydrogens is 448 g/mol. The second kappa shape index (κ2) is 12.1. The second-order valence-electron chi connectivity index (χ2n) is 9.86. The second-order valence-corrected chi connectivity index (χ2v) is 9.86. The molecule has 3 N–H and O–H groups in total. The summed E-state index contributed by atoms with van der Waals surface area (Å²) in [5.74, 6) is -0.670. The summed E-state index contributed by atoms with van der Waals surface area (Å²) in [4.78, 5) is 59.8. The lowest BCUT2D eigenvalue weighted by molar-refractivity contribution is -0.147. The maximum atomic E-state index is 13.8. The average Bonchev–Trinajstić information content (AvgIpc) is 3.26. The first-order valence-electron chi connectivity index (χ1n) is 12.5. The van der Waals surface area contributed by atoms with E-state index in [-0.39, 0.29) is 42.1 Å². The van der Waals surface area contributed by atoms with Gasteiger partial charge in [0.25, 0.3) is 0 Å². The monoisotopic (exact) mass is 486 g/mol. The molecule has 0 aliphatic carbocycles. The standard InChI is InChI=1S/C25H38N6O4/c1-16(2)13-22(32)30-12-9-19-5-6-21(24(34)28-14-18-7-10-27-11-8-18)31(19)25(35)20(15-30)29-23(33)17(3)26-4/h7-8,10-11,16-17,19-21,26H,5-6,9,12-15H2,1-4H3,(H,28,34)(H,29,33)/t17-,19+,20-,21-/m0/s1. The van der Waals surface area contributed by atoms with Gasteiger partial charge >= 0.3 is 0 Å². The van der Waals surface area contributed by atoms with Gasteiger partial charge < -0.3 is 25.8 Å². The number of pyridine rings is 1. The first kappa shape index (κ1) is 26.6. The van der Waals surface area contributed by atoms with Crippen molar-refractivity contribution >= 4 is 23.6 Å². The van der Waals surface area contributed by atoms with Crippen molar-refractivity contribution < 1.29 is 19.2 Å². The van der Waals surface area contributed by atoms with Crippen LogP contribution < -0.4 is 16.0 Å². The minimum absolute atomic E-state index is 0.0215. The zero-order valence-corrected chi connectivity index (χ0v) is 21.1. The van der Waals surface area contributed by atoms with Gasteiger partial charge in [-0.2, -0.15) is 0 Å². The fraction of sp³-hybridized carbons (Fsp3) is 0.640. The minimum Gasteiger partial charge on any atom is -0.350 e. The van der Waals surface area contributed by atoms with Crippen LogP contribution in [-0.4, -0.2) is 82.7 Å². The number of fused-ring (bicyclic) bond motifs is 1. The van der Waals surface area contributed by atoms with Crippen molar-refractivity contribution in [2.45, 2.75) is 77.2 Å². The van der Waals surface area contributed by atoms with Crippen LogP contribution in [0.25, 0.3) is 0 Å². The number of nitrogens with one attached hydrogen (secondary N) is 3. The lowest BCUT2D eigenvalue weighted by Crippen LogP contribution is -2.62. The summed E-state index contributed by atoms with van der Waals surface area (Å²) in [6, 6.07) is 1.49. The van der Waals surface area contributed by atoms with Crippen LogP contribution >= 0.6 is 0 Å². The van der Waals surface area contributed by atoms with Crippen LogP contribution in [0.1, 0.15) is 52.0 Å². The number of nitrogens with zero attached hydrogens (tertiary/aromatic N) is 3. The smallest absolute Gasteiger partial charge is 0.247 e. The summed E-state index contributed by atoms with van der Waals surface area (Å²) >= 11 is 0. The van der Waals surface area contributed by atoms with E-state index < -0.39 is 18.1 Å². The molecule has 192 valence electrons. The van der Waals surface area contributed by atoms with Gasteiger partial charge in [-0.3, -0.25) is 24.2 Å². The molecule has 10 heteroatoms. The van der Waals surface area contributed by atoms with Gasteiger partial charge in [0.05, 0.1) is 6.04 Å². The molecule has 0 unspecified atom stereocenters. The van der Waals surface area contributed by atoms with Gasteiger partial charge in [0, 0.05) is 44.5 Å². The van der Waals surface area contributed by atoms with E-state index in [1.54, 1.807) is 36.2 Å². The number of amides is 4. The zero-order chi connectivity index (χ0) is 25.5. The van der Waals surface area contributed by atoms with Crippen LogP contribution in [-0.2, 0) is 25.7 Å². The van der Waals surface area contributed by atoms with E-state index in [1.165, 1.54) is 0 Å². The Balaban J connectivity index is 1.79. The zero-order valence-electron chi connectivity index (χ0n) is 21.1. The van der Waals surface area contributed by atoms with E-state index in [9.17, 15) is 19.2 Å². The summed E-state index contributed by atoms with van der Waals surface area (Å²) in [6.45, 7) is 6.60. The first-order chi connectivity index (χ1) is 16.7. The predicted octanol–water partition coefficient (Wildman–Crippen LogP) is 0.429. The molecule has 0 radical (unpaired) electrons. The predicted molar refractivity (Wildman–Crippen MR) is 131 cm³/mol. The Morgan fingerprint density at radius 2 is 1.83 bits per heavy atom. The number of hydrogen-bond donors (Lipinski definition) is 3. The van der Waals surface area contributed by atoms with E-state index in [0.717, 1.165) is 5.56 Å². The average molecular weight is 487 g/mol. The van der Waals surface area contributed by atoms with Crippen LogP contribution in [0.15, 0.2) is 24.5 Å². The topological polar surface area (TPSA) is 124 Å². The molecule has 2 aliphatic heterocycles. The number of aromatic nitrogens is 1. The van der Waals surface area contributed by atoms with Crippen molar-refractivity contribution in [3.8, 4) is 0 Å². The largest absolute Gasteiger partial charge is 0.350 e. The Labute approximate surface area is 207 Å². The van der Waals surface area contributed by atoms with E-state index in [2.05, 4.69) is 20.9 Å². The fourth-order valence-corrected chi connectivity index (χ4v) is 4.68. The van der Waals surface area contributed by atoms with Gasteiger partial charge in [0.2, 0.25) is 23.6 Å². The van der Waals surface area contributed by atoms with Crippen molar-refractivity contribution in [3.63, 3.8) is 0 Å². The highest BCUT2D eigenvalue weighted by Crippen LogP contribution is 2.29. The normalized spacial score (nSPS) is 23.3. The highest BCUT2D eigenvalue weighted by Gasteiger charge is 2.45. The summed E-state index contributed by atoms with van der Waals surface area (Å²) in [6.07, 6.45) is 5.56. The Bertz CT molecular complexity index is 908. The van der Waals surface area contributed by atoms with E-state index in [0.29, 0.717) is 38.8 Å². The molecule has 2 aliphatic rings. The van der Waals surface area contributed by atoms with E-state index >= 15 is 0 Å². The molecule has 0 aromatic carbocycles. The number of carbonyl (C=O) groups excluding carboxylic acids is 4. The van der Waals surface area contributed by atoms with Crippen molar-refractivity contribution in [1.29, 1.82) is 0 Å². The Kier molecular flexibility index (Phi) is 9.20. The summed E-state index contributed by atoms with van der Waals surface area (Å²) in [7, 11) is 1.67. The van der Waals surface area contributed by atoms with Crippen LogP contribution in [0, 0.1) is 5.92 Å². The molecule has 0 spiro atoms. The maximum absolute atomic E-state index is 13.8. The van der Waals surface area contributed by atoms with Crippen molar-refractivity contribution in [1.82, 2.24) is 30.7 Å². The molecule has 4 amide bonds. The Morgan fingerprint density at radius 3 is 2.49 bits per heavy atom. The summed E-state index contributed by atoms with van der Waals surface area (Å²) in [5.41, 5.74) is 0.924. The molecule has 35 heavy (non-hydrogen) atoms.